The number of allylic oxidation sites excluding steroid dienone is 5. The SMILES string of the molecule is [C-]#[N+]c1c(N(C)C)sc(C(=C2C=CC(=[N+](C)c3ccccc3)C=C2)c2ccc(N(C)c3ccccc3)cc2)c1-c1ccccc1. The zero-order valence-corrected chi connectivity index (χ0v) is 26.8. The van der Waals surface area contributed by atoms with Gasteiger partial charge in [-0.1, -0.05) is 78.9 Å². The molecule has 0 spiro atoms. The van der Waals surface area contributed by atoms with Crippen molar-refractivity contribution in [1.29, 1.82) is 0 Å². The fourth-order valence-corrected chi connectivity index (χ4v) is 6.87. The third kappa shape index (κ3) is 6.02. The number of para-hydroxylation sites is 2. The number of thiophene rings is 1. The van der Waals surface area contributed by atoms with Gasteiger partial charge < -0.3 is 9.80 Å². The van der Waals surface area contributed by atoms with Crippen molar-refractivity contribution >= 4 is 50.4 Å². The summed E-state index contributed by atoms with van der Waals surface area (Å²) < 4.78 is 2.19. The second-order valence-corrected chi connectivity index (χ2v) is 12.1. The second-order valence-electron chi connectivity index (χ2n) is 11.1. The largest absolute Gasteiger partial charge is 0.378 e. The van der Waals surface area contributed by atoms with Crippen LogP contribution in [0.2, 0.25) is 0 Å². The van der Waals surface area contributed by atoms with E-state index < -0.39 is 0 Å². The quantitative estimate of drug-likeness (QED) is 0.136. The summed E-state index contributed by atoms with van der Waals surface area (Å²) in [5.74, 6) is 0. The lowest BCUT2D eigenvalue weighted by Gasteiger charge is -2.21. The van der Waals surface area contributed by atoms with E-state index in [9.17, 15) is 0 Å². The van der Waals surface area contributed by atoms with Crippen molar-refractivity contribution in [1.82, 2.24) is 0 Å². The highest BCUT2D eigenvalue weighted by Crippen LogP contribution is 2.52. The average Bonchev–Trinajstić information content (AvgIpc) is 3.49. The molecular formula is C40H35N4S+. The van der Waals surface area contributed by atoms with Crippen LogP contribution >= 0.6 is 11.3 Å². The molecule has 1 aliphatic rings. The van der Waals surface area contributed by atoms with Gasteiger partial charge in [-0.05, 0) is 53.1 Å². The lowest BCUT2D eigenvalue weighted by molar-refractivity contribution is -0.403. The van der Waals surface area contributed by atoms with Crippen molar-refractivity contribution in [2.24, 2.45) is 0 Å². The fourth-order valence-electron chi connectivity index (χ4n) is 5.60. The molecule has 4 aromatic carbocycles. The summed E-state index contributed by atoms with van der Waals surface area (Å²) in [4.78, 5) is 9.43. The molecule has 0 atom stereocenters. The highest BCUT2D eigenvalue weighted by Gasteiger charge is 2.26. The number of hydrogen-bond donors (Lipinski definition) is 0. The molecule has 0 bridgehead atoms. The van der Waals surface area contributed by atoms with E-state index in [-0.39, 0.29) is 0 Å². The van der Waals surface area contributed by atoms with Gasteiger partial charge in [0.2, 0.25) is 17.1 Å². The van der Waals surface area contributed by atoms with E-state index >= 15 is 0 Å². The third-order valence-electron chi connectivity index (χ3n) is 8.05. The van der Waals surface area contributed by atoms with Gasteiger partial charge in [-0.3, -0.25) is 0 Å². The Morgan fingerprint density at radius 3 is 1.82 bits per heavy atom. The van der Waals surface area contributed by atoms with Crippen LogP contribution in [-0.4, -0.2) is 38.5 Å². The monoisotopic (exact) mass is 603 g/mol. The van der Waals surface area contributed by atoms with E-state index in [0.717, 1.165) is 60.5 Å². The summed E-state index contributed by atoms with van der Waals surface area (Å²) in [6, 6.07) is 39.9. The Hall–Kier alpha value is -5.44. The maximum absolute atomic E-state index is 8.23. The fraction of sp³-hybridized carbons (Fsp3) is 0.100. The first-order valence-corrected chi connectivity index (χ1v) is 15.7. The molecule has 45 heavy (non-hydrogen) atoms. The first-order chi connectivity index (χ1) is 22.0. The van der Waals surface area contributed by atoms with E-state index in [0.29, 0.717) is 5.69 Å². The molecule has 0 aliphatic heterocycles. The van der Waals surface area contributed by atoms with Gasteiger partial charge in [-0.25, -0.2) is 4.85 Å². The lowest BCUT2D eigenvalue weighted by atomic mass is 9.91. The Kier molecular flexibility index (Phi) is 8.59. The van der Waals surface area contributed by atoms with Gasteiger partial charge >= 0.3 is 0 Å². The average molecular weight is 604 g/mol. The second kappa shape index (κ2) is 13.1. The highest BCUT2D eigenvalue weighted by atomic mass is 32.1. The molecule has 0 amide bonds. The normalized spacial score (nSPS) is 12.2. The number of hydrogen-bond acceptors (Lipinski definition) is 3. The number of rotatable bonds is 7. The Labute approximate surface area is 270 Å². The van der Waals surface area contributed by atoms with Gasteiger partial charge in [0.25, 0.3) is 0 Å². The van der Waals surface area contributed by atoms with Gasteiger partial charge in [0.15, 0.2) is 0 Å². The number of nitrogens with zero attached hydrogens (tertiary/aromatic N) is 4. The Bertz CT molecular complexity index is 1950. The molecule has 1 heterocycles. The molecule has 0 fully saturated rings. The molecule has 0 saturated heterocycles. The van der Waals surface area contributed by atoms with Crippen molar-refractivity contribution in [3.05, 3.63) is 167 Å². The molecule has 220 valence electrons. The molecule has 0 radical (unpaired) electrons. The van der Waals surface area contributed by atoms with E-state index in [1.165, 1.54) is 0 Å². The highest BCUT2D eigenvalue weighted by molar-refractivity contribution is 7.18. The van der Waals surface area contributed by atoms with Crippen molar-refractivity contribution in [2.45, 2.75) is 0 Å². The van der Waals surface area contributed by atoms with Gasteiger partial charge in [0.1, 0.15) is 7.05 Å². The van der Waals surface area contributed by atoms with Gasteiger partial charge in [0.05, 0.1) is 11.6 Å². The van der Waals surface area contributed by atoms with Crippen LogP contribution in [0.5, 0.6) is 0 Å². The topological polar surface area (TPSA) is 13.8 Å². The van der Waals surface area contributed by atoms with Crippen LogP contribution in [0.1, 0.15) is 10.4 Å². The third-order valence-corrected chi connectivity index (χ3v) is 9.41. The summed E-state index contributed by atoms with van der Waals surface area (Å²) in [6.07, 6.45) is 8.77. The smallest absolute Gasteiger partial charge is 0.228 e. The molecule has 0 unspecified atom stereocenters. The molecule has 1 aromatic heterocycles. The zero-order chi connectivity index (χ0) is 31.3. The maximum atomic E-state index is 8.23. The lowest BCUT2D eigenvalue weighted by Crippen LogP contribution is -2.10. The van der Waals surface area contributed by atoms with Crippen LogP contribution in [0, 0.1) is 6.57 Å². The van der Waals surface area contributed by atoms with E-state index in [4.69, 9.17) is 6.57 Å². The first kappa shape index (κ1) is 29.6. The van der Waals surface area contributed by atoms with Crippen LogP contribution in [0.25, 0.3) is 21.5 Å². The van der Waals surface area contributed by atoms with Gasteiger partial charge in [0, 0.05) is 72.8 Å². The predicted molar refractivity (Wildman–Crippen MR) is 193 cm³/mol. The van der Waals surface area contributed by atoms with Crippen molar-refractivity contribution in [2.75, 3.05) is 38.0 Å². The Morgan fingerprint density at radius 2 is 1.24 bits per heavy atom. The summed E-state index contributed by atoms with van der Waals surface area (Å²) in [5, 5.41) is 0.956. The minimum atomic E-state index is 0.685. The summed E-state index contributed by atoms with van der Waals surface area (Å²) in [7, 11) is 8.21. The number of benzene rings is 4. The van der Waals surface area contributed by atoms with Crippen molar-refractivity contribution in [3.8, 4) is 11.1 Å². The van der Waals surface area contributed by atoms with Crippen LogP contribution in [0.15, 0.2) is 145 Å². The van der Waals surface area contributed by atoms with Gasteiger partial charge in [-0.15, -0.1) is 11.3 Å². The minimum absolute atomic E-state index is 0.685. The first-order valence-electron chi connectivity index (χ1n) is 14.9. The van der Waals surface area contributed by atoms with Crippen LogP contribution in [0.4, 0.5) is 27.8 Å². The molecular weight excluding hydrogens is 569 g/mol. The minimum Gasteiger partial charge on any atom is -0.378 e. The van der Waals surface area contributed by atoms with Crippen molar-refractivity contribution < 1.29 is 4.58 Å². The molecule has 5 heteroatoms. The molecule has 6 rings (SSSR count). The van der Waals surface area contributed by atoms with E-state index in [1.54, 1.807) is 11.3 Å². The summed E-state index contributed by atoms with van der Waals surface area (Å²) >= 11 is 1.68. The van der Waals surface area contributed by atoms with Crippen LogP contribution in [-0.2, 0) is 0 Å². The standard InChI is InChI=1S/C40H35N4S/c1-41-38-37(29-15-9-6-10-16-29)39(45-40(38)42(2)3)36(30-21-25-34(26-22-30)43(4)32-17-11-7-12-18-32)31-23-27-35(28-24-31)44(5)33-19-13-8-14-20-33/h6-28H,2-5H3/q+1. The molecule has 0 saturated carbocycles. The summed E-state index contributed by atoms with van der Waals surface area (Å²) in [5.41, 5.74) is 10.5. The van der Waals surface area contributed by atoms with Crippen molar-refractivity contribution in [3.63, 3.8) is 0 Å². The predicted octanol–water partition coefficient (Wildman–Crippen LogP) is 10.1. The van der Waals surface area contributed by atoms with Gasteiger partial charge in [-0.2, -0.15) is 4.58 Å². The van der Waals surface area contributed by atoms with E-state index in [1.807, 2.05) is 44.4 Å². The molecule has 1 aliphatic carbocycles. The maximum Gasteiger partial charge on any atom is 0.228 e. The zero-order valence-electron chi connectivity index (χ0n) is 26.0. The Balaban J connectivity index is 1.54. The summed E-state index contributed by atoms with van der Waals surface area (Å²) in [6.45, 7) is 8.23. The van der Waals surface area contributed by atoms with Crippen LogP contribution < -0.4 is 9.80 Å². The molecule has 0 N–H and O–H groups in total. The van der Waals surface area contributed by atoms with Crippen LogP contribution in [0.3, 0.4) is 0 Å². The van der Waals surface area contributed by atoms with E-state index in [2.05, 4.69) is 143 Å². The Morgan fingerprint density at radius 1 is 0.689 bits per heavy atom. The number of anilines is 3. The molecule has 4 nitrogen and oxygen atoms in total. The molecule has 5 aromatic rings.